The number of ether oxygens (including phenoxy) is 1. The molecule has 1 fully saturated rings. The third-order valence-corrected chi connectivity index (χ3v) is 8.91. The van der Waals surface area contributed by atoms with E-state index in [0.717, 1.165) is 24.2 Å². The molecule has 0 spiro atoms. The Morgan fingerprint density at radius 3 is 2.37 bits per heavy atom. The highest BCUT2D eigenvalue weighted by molar-refractivity contribution is 7.98. The maximum Gasteiger partial charge on any atom is 0.309 e. The van der Waals surface area contributed by atoms with Gasteiger partial charge < -0.3 is 20.1 Å². The zero-order valence-electron chi connectivity index (χ0n) is 25.1. The highest BCUT2D eigenvalue weighted by Crippen LogP contribution is 2.22. The Morgan fingerprint density at radius 2 is 1.72 bits per heavy atom. The fraction of sp³-hybridized carbons (Fsp3) is 0.457. The number of likely N-dealkylation sites (tertiary alicyclic amines) is 1. The highest BCUT2D eigenvalue weighted by Gasteiger charge is 2.32. The molecule has 43 heavy (non-hydrogen) atoms. The van der Waals surface area contributed by atoms with Gasteiger partial charge in [0, 0.05) is 24.5 Å². The van der Waals surface area contributed by atoms with Gasteiger partial charge in [-0.3, -0.25) is 14.4 Å². The predicted octanol–water partition coefficient (Wildman–Crippen LogP) is 5.34. The number of hydrogen-bond donors (Lipinski definition) is 2. The van der Waals surface area contributed by atoms with Gasteiger partial charge in [-0.2, -0.15) is 11.8 Å². The lowest BCUT2D eigenvalue weighted by Gasteiger charge is -2.26. The molecule has 3 rings (SSSR count). The Morgan fingerprint density at radius 1 is 1.02 bits per heavy atom. The number of hydrogen-bond acceptors (Lipinski definition) is 6. The number of carbonyl (C=O) groups excluding carboxylic acids is 3. The molecule has 0 aromatic heterocycles. The van der Waals surface area contributed by atoms with Crippen LogP contribution in [0.2, 0.25) is 0 Å². The van der Waals surface area contributed by atoms with Gasteiger partial charge in [0.2, 0.25) is 11.8 Å². The number of carbonyl (C=O) groups is 3. The minimum absolute atomic E-state index is 0.0404. The van der Waals surface area contributed by atoms with Crippen molar-refractivity contribution in [2.45, 2.75) is 62.8 Å². The average Bonchev–Trinajstić information content (AvgIpc) is 3.52. The molecule has 2 aromatic carbocycles. The zero-order valence-corrected chi connectivity index (χ0v) is 25.9. The number of nitrogens with one attached hydrogen (secondary N) is 1. The summed E-state index contributed by atoms with van der Waals surface area (Å²) in [6.07, 6.45) is 7.36. The van der Waals surface area contributed by atoms with Gasteiger partial charge in [0.25, 0.3) is 0 Å². The summed E-state index contributed by atoms with van der Waals surface area (Å²) in [5, 5.41) is 12.7. The maximum absolute atomic E-state index is 13.5. The molecule has 1 aliphatic heterocycles. The van der Waals surface area contributed by atoms with Crippen LogP contribution in [0.25, 0.3) is 0 Å². The van der Waals surface area contributed by atoms with Gasteiger partial charge in [0.1, 0.15) is 6.61 Å². The van der Waals surface area contributed by atoms with Gasteiger partial charge in [-0.1, -0.05) is 72.8 Å². The van der Waals surface area contributed by atoms with E-state index in [1.165, 1.54) is 5.56 Å². The molecule has 0 radical (unpaired) electrons. The highest BCUT2D eigenvalue weighted by atomic mass is 32.2. The van der Waals surface area contributed by atoms with Crippen LogP contribution >= 0.6 is 11.8 Å². The molecule has 232 valence electrons. The number of allylic oxidation sites excluding steroid dienone is 2. The van der Waals surface area contributed by atoms with Gasteiger partial charge in [0.05, 0.1) is 30.5 Å². The summed E-state index contributed by atoms with van der Waals surface area (Å²) in [4.78, 5) is 41.5. The number of thioether (sulfide) groups is 1. The van der Waals surface area contributed by atoms with E-state index in [1.54, 1.807) is 28.8 Å². The Hall–Kier alpha value is -3.36. The maximum atomic E-state index is 13.5. The van der Waals surface area contributed by atoms with Gasteiger partial charge in [-0.25, -0.2) is 0 Å². The van der Waals surface area contributed by atoms with Crippen molar-refractivity contribution in [3.05, 3.63) is 97.1 Å². The Labute approximate surface area is 260 Å². The topological polar surface area (TPSA) is 95.9 Å². The molecule has 7 nitrogen and oxygen atoms in total. The minimum atomic E-state index is -0.597. The lowest BCUT2D eigenvalue weighted by atomic mass is 9.95. The molecular weight excluding hydrogens is 560 g/mol. The molecule has 1 saturated heterocycles. The number of rotatable bonds is 19. The van der Waals surface area contributed by atoms with Crippen molar-refractivity contribution in [3.8, 4) is 0 Å². The predicted molar refractivity (Wildman–Crippen MR) is 173 cm³/mol. The Balaban J connectivity index is 1.66. The van der Waals surface area contributed by atoms with Crippen LogP contribution in [0, 0.1) is 11.8 Å². The monoisotopic (exact) mass is 606 g/mol. The number of benzene rings is 2. The summed E-state index contributed by atoms with van der Waals surface area (Å²) >= 11 is 1.65. The van der Waals surface area contributed by atoms with Crippen LogP contribution in [0.3, 0.4) is 0 Å². The normalized spacial score (nSPS) is 16.6. The summed E-state index contributed by atoms with van der Waals surface area (Å²) < 4.78 is 5.85. The van der Waals surface area contributed by atoms with Crippen LogP contribution in [-0.2, 0) is 31.3 Å². The van der Waals surface area contributed by atoms with Crippen molar-refractivity contribution in [2.75, 3.05) is 25.5 Å². The number of nitrogens with zero attached hydrogens (tertiary/aromatic N) is 1. The molecule has 8 heteroatoms. The first-order valence-corrected chi connectivity index (χ1v) is 16.3. The van der Waals surface area contributed by atoms with Gasteiger partial charge in [0.15, 0.2) is 0 Å². The van der Waals surface area contributed by atoms with Crippen molar-refractivity contribution < 1.29 is 24.2 Å². The minimum Gasteiger partial charge on any atom is -0.463 e. The van der Waals surface area contributed by atoms with Crippen molar-refractivity contribution in [3.63, 3.8) is 0 Å². The van der Waals surface area contributed by atoms with E-state index in [-0.39, 0.29) is 49.4 Å². The molecule has 0 saturated carbocycles. The van der Waals surface area contributed by atoms with E-state index in [0.29, 0.717) is 38.0 Å². The lowest BCUT2D eigenvalue weighted by Crippen LogP contribution is -2.45. The first-order chi connectivity index (χ1) is 20.9. The Bertz CT molecular complexity index is 1160. The van der Waals surface area contributed by atoms with Gasteiger partial charge >= 0.3 is 5.97 Å². The van der Waals surface area contributed by atoms with E-state index >= 15 is 0 Å². The van der Waals surface area contributed by atoms with Crippen LogP contribution < -0.4 is 5.32 Å². The first kappa shape index (κ1) is 34.1. The summed E-state index contributed by atoms with van der Waals surface area (Å²) in [6, 6.07) is 19.3. The second-order valence-electron chi connectivity index (χ2n) is 11.1. The molecule has 0 bridgehead atoms. The molecule has 1 heterocycles. The molecule has 1 aliphatic rings. The SMILES string of the molecule is C=CCC[C@H](Cc1ccccc1)C(=O)OC[C@H](CSCc1ccccc1)NC(=O)[C@H](CC=C)CC(=O)N1CCC[C@H]1CO. The summed E-state index contributed by atoms with van der Waals surface area (Å²) in [5.41, 5.74) is 2.23. The average molecular weight is 607 g/mol. The third kappa shape index (κ3) is 11.7. The van der Waals surface area contributed by atoms with Crippen molar-refractivity contribution >= 4 is 29.5 Å². The van der Waals surface area contributed by atoms with Gasteiger partial charge in [-0.15, -0.1) is 13.2 Å². The summed E-state index contributed by atoms with van der Waals surface area (Å²) in [7, 11) is 0. The fourth-order valence-corrected chi connectivity index (χ4v) is 6.34. The molecule has 2 amide bonds. The second kappa shape index (κ2) is 19.0. The number of aliphatic hydroxyl groups excluding tert-OH is 1. The van der Waals surface area contributed by atoms with Gasteiger partial charge in [-0.05, 0) is 49.7 Å². The first-order valence-electron chi connectivity index (χ1n) is 15.2. The number of amides is 2. The smallest absolute Gasteiger partial charge is 0.309 e. The third-order valence-electron chi connectivity index (χ3n) is 7.73. The van der Waals surface area contributed by atoms with Crippen molar-refractivity contribution in [2.24, 2.45) is 11.8 Å². The number of aliphatic hydroxyl groups is 1. The van der Waals surface area contributed by atoms with E-state index < -0.39 is 12.0 Å². The molecule has 4 atom stereocenters. The molecular formula is C35H46N2O5S. The van der Waals surface area contributed by atoms with Crippen LogP contribution in [-0.4, -0.2) is 65.4 Å². The quantitative estimate of drug-likeness (QED) is 0.166. The lowest BCUT2D eigenvalue weighted by molar-refractivity contribution is -0.150. The Kier molecular flexibility index (Phi) is 15.1. The standard InChI is InChI=1S/C35H46N2O5S/c1-3-5-18-30(21-27-14-8-6-9-15-27)35(41)42-24-31(26-43-25-28-16-10-7-11-17-28)36-34(40)29(13-4-2)22-33(39)37-20-12-19-32(37)23-38/h3-4,6-11,14-17,29-32,38H,1-2,5,12-13,18-26H2,(H,36,40)/t29-,30-,31-,32+/m1/s1. The second-order valence-corrected chi connectivity index (χ2v) is 12.1. The fourth-order valence-electron chi connectivity index (χ4n) is 5.33. The summed E-state index contributed by atoms with van der Waals surface area (Å²) in [6.45, 7) is 8.16. The van der Waals surface area contributed by atoms with E-state index in [1.807, 2.05) is 48.5 Å². The molecule has 2 aromatic rings. The van der Waals surface area contributed by atoms with E-state index in [4.69, 9.17) is 4.74 Å². The summed E-state index contributed by atoms with van der Waals surface area (Å²) in [5.74, 6) is -0.311. The van der Waals surface area contributed by atoms with Crippen molar-refractivity contribution in [1.82, 2.24) is 10.2 Å². The zero-order chi connectivity index (χ0) is 30.9. The van der Waals surface area contributed by atoms with Crippen LogP contribution in [0.15, 0.2) is 86.0 Å². The van der Waals surface area contributed by atoms with Crippen LogP contribution in [0.1, 0.15) is 49.7 Å². The molecule has 0 unspecified atom stereocenters. The largest absolute Gasteiger partial charge is 0.463 e. The molecule has 0 aliphatic carbocycles. The van der Waals surface area contributed by atoms with Crippen LogP contribution in [0.5, 0.6) is 0 Å². The van der Waals surface area contributed by atoms with E-state index in [2.05, 4.69) is 30.6 Å². The van der Waals surface area contributed by atoms with E-state index in [9.17, 15) is 19.5 Å². The van der Waals surface area contributed by atoms with Crippen molar-refractivity contribution in [1.29, 1.82) is 0 Å². The molecule has 2 N–H and O–H groups in total. The van der Waals surface area contributed by atoms with Crippen LogP contribution in [0.4, 0.5) is 0 Å². The number of esters is 1.